The van der Waals surface area contributed by atoms with Gasteiger partial charge in [0.25, 0.3) is 0 Å². The molecule has 1 amide bonds. The van der Waals surface area contributed by atoms with Crippen LogP contribution in [0.1, 0.15) is 17.3 Å². The molecule has 0 saturated carbocycles. The first-order chi connectivity index (χ1) is 15.5. The summed E-state index contributed by atoms with van der Waals surface area (Å²) in [5, 5.41) is 8.13. The third kappa shape index (κ3) is 5.15. The lowest BCUT2D eigenvalue weighted by Crippen LogP contribution is -2.16. The Balaban J connectivity index is 1.51. The number of hydrogen-bond acceptors (Lipinski definition) is 5. The Hall–Kier alpha value is -2.80. The minimum absolute atomic E-state index is 0.182. The summed E-state index contributed by atoms with van der Waals surface area (Å²) < 4.78 is 5.25. The van der Waals surface area contributed by atoms with Gasteiger partial charge in [-0.1, -0.05) is 54.1 Å². The van der Waals surface area contributed by atoms with Crippen molar-refractivity contribution in [2.75, 3.05) is 17.7 Å². The van der Waals surface area contributed by atoms with Gasteiger partial charge in [-0.3, -0.25) is 4.79 Å². The molecule has 0 radical (unpaired) electrons. The highest BCUT2D eigenvalue weighted by atomic mass is 35.5. The fourth-order valence-electron chi connectivity index (χ4n) is 3.27. The Morgan fingerprint density at radius 1 is 1.03 bits per heavy atom. The first kappa shape index (κ1) is 22.4. The molecule has 0 fully saturated rings. The molecule has 0 bridgehead atoms. The second-order valence-electron chi connectivity index (χ2n) is 6.93. The number of esters is 1. The van der Waals surface area contributed by atoms with Crippen LogP contribution in [0.5, 0.6) is 0 Å². The number of nitrogens with one attached hydrogen (secondary N) is 1. The zero-order valence-corrected chi connectivity index (χ0v) is 19.7. The first-order valence-electron chi connectivity index (χ1n) is 10.0. The fourth-order valence-corrected chi connectivity index (χ4v) is 5.11. The standard InChI is InChI=1S/C25H20ClNO3S2/c1-2-30-25(29)23-21(17-7-10-19(26)11-8-17)14-32-24(23)27-22(28)15-31-20-12-9-16-5-3-4-6-18(16)13-20/h3-14H,2,15H2,1H3,(H,27,28). The number of fused-ring (bicyclic) bond motifs is 1. The van der Waals surface area contributed by atoms with Gasteiger partial charge < -0.3 is 10.1 Å². The Bertz CT molecular complexity index is 1270. The van der Waals surface area contributed by atoms with Crippen LogP contribution < -0.4 is 5.32 Å². The Morgan fingerprint density at radius 2 is 1.78 bits per heavy atom. The van der Waals surface area contributed by atoms with Crippen molar-refractivity contribution in [2.45, 2.75) is 11.8 Å². The summed E-state index contributed by atoms with van der Waals surface area (Å²) in [5.74, 6) is -0.413. The second-order valence-corrected chi connectivity index (χ2v) is 9.29. The van der Waals surface area contributed by atoms with Crippen molar-refractivity contribution in [1.29, 1.82) is 0 Å². The number of anilines is 1. The van der Waals surface area contributed by atoms with Gasteiger partial charge in [0, 0.05) is 20.9 Å². The van der Waals surface area contributed by atoms with E-state index >= 15 is 0 Å². The van der Waals surface area contributed by atoms with Crippen LogP contribution in [0.3, 0.4) is 0 Å². The predicted octanol–water partition coefficient (Wildman–Crippen LogP) is 7.13. The maximum Gasteiger partial charge on any atom is 0.341 e. The van der Waals surface area contributed by atoms with Crippen molar-refractivity contribution < 1.29 is 14.3 Å². The van der Waals surface area contributed by atoms with E-state index < -0.39 is 5.97 Å². The van der Waals surface area contributed by atoms with E-state index in [4.69, 9.17) is 16.3 Å². The van der Waals surface area contributed by atoms with Crippen molar-refractivity contribution in [2.24, 2.45) is 0 Å². The number of thiophene rings is 1. The molecule has 162 valence electrons. The molecule has 0 aliphatic heterocycles. The zero-order valence-electron chi connectivity index (χ0n) is 17.3. The van der Waals surface area contributed by atoms with Crippen molar-refractivity contribution in [3.63, 3.8) is 0 Å². The van der Waals surface area contributed by atoms with E-state index in [2.05, 4.69) is 23.5 Å². The summed E-state index contributed by atoms with van der Waals surface area (Å²) in [5.41, 5.74) is 1.91. The Labute approximate surface area is 199 Å². The van der Waals surface area contributed by atoms with Gasteiger partial charge in [-0.25, -0.2) is 4.79 Å². The van der Waals surface area contributed by atoms with Crippen molar-refractivity contribution in [3.05, 3.63) is 82.7 Å². The molecule has 4 nitrogen and oxygen atoms in total. The Morgan fingerprint density at radius 3 is 2.53 bits per heavy atom. The number of amides is 1. The zero-order chi connectivity index (χ0) is 22.5. The van der Waals surface area contributed by atoms with Gasteiger partial charge in [-0.15, -0.1) is 23.1 Å². The first-order valence-corrected chi connectivity index (χ1v) is 12.3. The predicted molar refractivity (Wildman–Crippen MR) is 134 cm³/mol. The van der Waals surface area contributed by atoms with E-state index in [1.54, 1.807) is 19.1 Å². The van der Waals surface area contributed by atoms with Crippen molar-refractivity contribution in [1.82, 2.24) is 0 Å². The maximum absolute atomic E-state index is 12.7. The molecule has 1 N–H and O–H groups in total. The van der Waals surface area contributed by atoms with Crippen LogP contribution >= 0.6 is 34.7 Å². The number of rotatable bonds is 7. The van der Waals surface area contributed by atoms with Crippen LogP contribution in [0, 0.1) is 0 Å². The quantitative estimate of drug-likeness (QED) is 0.225. The monoisotopic (exact) mass is 481 g/mol. The maximum atomic E-state index is 12.7. The largest absolute Gasteiger partial charge is 0.462 e. The molecule has 0 aliphatic carbocycles. The third-order valence-corrected chi connectivity index (χ3v) is 6.91. The summed E-state index contributed by atoms with van der Waals surface area (Å²) in [6.45, 7) is 2.00. The molecule has 1 aromatic heterocycles. The summed E-state index contributed by atoms with van der Waals surface area (Å²) in [6, 6.07) is 21.4. The average molecular weight is 482 g/mol. The van der Waals surface area contributed by atoms with Crippen LogP contribution in [0.2, 0.25) is 5.02 Å². The van der Waals surface area contributed by atoms with Crippen molar-refractivity contribution >= 4 is 62.3 Å². The highest BCUT2D eigenvalue weighted by molar-refractivity contribution is 8.00. The molecular weight excluding hydrogens is 462 g/mol. The highest BCUT2D eigenvalue weighted by Crippen LogP contribution is 2.37. The van der Waals surface area contributed by atoms with Crippen LogP contribution in [0.25, 0.3) is 21.9 Å². The minimum Gasteiger partial charge on any atom is -0.462 e. The molecule has 32 heavy (non-hydrogen) atoms. The number of benzene rings is 3. The van der Waals surface area contributed by atoms with Crippen LogP contribution in [0.15, 0.2) is 77.0 Å². The van der Waals surface area contributed by atoms with Crippen molar-refractivity contribution in [3.8, 4) is 11.1 Å². The lowest BCUT2D eigenvalue weighted by molar-refractivity contribution is -0.113. The van der Waals surface area contributed by atoms with Gasteiger partial charge in [0.2, 0.25) is 5.91 Å². The number of hydrogen-bond donors (Lipinski definition) is 1. The van der Waals surface area contributed by atoms with Gasteiger partial charge in [0.05, 0.1) is 12.4 Å². The molecule has 0 spiro atoms. The third-order valence-electron chi connectivity index (χ3n) is 4.77. The average Bonchev–Trinajstić information content (AvgIpc) is 3.21. The van der Waals surface area contributed by atoms with Crippen LogP contribution in [-0.2, 0) is 9.53 Å². The van der Waals surface area contributed by atoms with Gasteiger partial charge in [0.15, 0.2) is 0 Å². The molecule has 4 aromatic rings. The summed E-state index contributed by atoms with van der Waals surface area (Å²) in [4.78, 5) is 26.4. The van der Waals surface area contributed by atoms with E-state index in [9.17, 15) is 9.59 Å². The fraction of sp³-hybridized carbons (Fsp3) is 0.120. The summed E-state index contributed by atoms with van der Waals surface area (Å²) >= 11 is 8.75. The number of carbonyl (C=O) groups is 2. The molecule has 4 rings (SSSR count). The van der Waals surface area contributed by atoms with E-state index in [1.165, 1.54) is 23.1 Å². The highest BCUT2D eigenvalue weighted by Gasteiger charge is 2.22. The van der Waals surface area contributed by atoms with E-state index in [0.717, 1.165) is 21.2 Å². The van der Waals surface area contributed by atoms with Gasteiger partial charge in [-0.05, 0) is 47.5 Å². The molecule has 3 aromatic carbocycles. The lowest BCUT2D eigenvalue weighted by atomic mass is 10.0. The molecular formula is C25H20ClNO3S2. The minimum atomic E-state index is -0.462. The summed E-state index contributed by atoms with van der Waals surface area (Å²) in [6.07, 6.45) is 0. The van der Waals surface area contributed by atoms with Crippen LogP contribution in [-0.4, -0.2) is 24.2 Å². The number of ether oxygens (including phenoxy) is 1. The normalized spacial score (nSPS) is 10.8. The van der Waals surface area contributed by atoms with Gasteiger partial charge in [-0.2, -0.15) is 0 Å². The smallest absolute Gasteiger partial charge is 0.341 e. The van der Waals surface area contributed by atoms with Crippen LogP contribution in [0.4, 0.5) is 5.00 Å². The SMILES string of the molecule is CCOC(=O)c1c(-c2ccc(Cl)cc2)csc1NC(=O)CSc1ccc2ccccc2c1. The number of halogens is 1. The van der Waals surface area contributed by atoms with E-state index in [0.29, 0.717) is 21.2 Å². The van der Waals surface area contributed by atoms with E-state index in [-0.39, 0.29) is 18.3 Å². The molecule has 7 heteroatoms. The molecule has 0 saturated heterocycles. The lowest BCUT2D eigenvalue weighted by Gasteiger charge is -2.09. The van der Waals surface area contributed by atoms with Gasteiger partial charge in [0.1, 0.15) is 10.6 Å². The molecule has 1 heterocycles. The number of carbonyl (C=O) groups excluding carboxylic acids is 2. The molecule has 0 unspecified atom stereocenters. The molecule has 0 atom stereocenters. The number of thioether (sulfide) groups is 1. The Kier molecular flexibility index (Phi) is 7.15. The molecule has 0 aliphatic rings. The second kappa shape index (κ2) is 10.2. The topological polar surface area (TPSA) is 55.4 Å². The van der Waals surface area contributed by atoms with E-state index in [1.807, 2.05) is 41.8 Å². The van der Waals surface area contributed by atoms with Gasteiger partial charge >= 0.3 is 5.97 Å². The summed E-state index contributed by atoms with van der Waals surface area (Å²) in [7, 11) is 0.